The van der Waals surface area contributed by atoms with E-state index >= 15 is 0 Å². The number of phenols is 4. The Morgan fingerprint density at radius 2 is 1.39 bits per heavy atom. The highest BCUT2D eigenvalue weighted by molar-refractivity contribution is 5.87. The van der Waals surface area contributed by atoms with Crippen LogP contribution in [0.1, 0.15) is 17.2 Å². The van der Waals surface area contributed by atoms with E-state index in [1.54, 1.807) is 0 Å². The maximum Gasteiger partial charge on any atom is 0.331 e. The standard InChI is InChI=1S/C29H36O17/c30-9-19-22(38)23(39)24(40)29(43-19)46-27-25(41)28(42-11-18(36)13-3-5-15(33)17(35)8-13)44-20(10-31)26(27)45-21(37)6-2-12-1-4-14(32)16(34)7-12/h1-8,18-20,22-36,38-41H,9-11H2/b6-2+/t18-,19-,20+,22+,23+,24-,25-,26?,27+,28-,29?/m1/s1. The van der Waals surface area contributed by atoms with Gasteiger partial charge >= 0.3 is 5.97 Å². The molecule has 17 heteroatoms. The highest BCUT2D eigenvalue weighted by Gasteiger charge is 2.52. The maximum atomic E-state index is 12.8. The predicted molar refractivity (Wildman–Crippen MR) is 150 cm³/mol. The van der Waals surface area contributed by atoms with E-state index < -0.39 is 116 Å². The van der Waals surface area contributed by atoms with Crippen LogP contribution in [0, 0.1) is 0 Å². The molecule has 2 aliphatic heterocycles. The summed E-state index contributed by atoms with van der Waals surface area (Å²) in [5.41, 5.74) is 0.406. The van der Waals surface area contributed by atoms with Crippen LogP contribution in [0.25, 0.3) is 6.08 Å². The topological polar surface area (TPSA) is 286 Å². The van der Waals surface area contributed by atoms with Crippen molar-refractivity contribution in [3.05, 3.63) is 53.6 Å². The van der Waals surface area contributed by atoms with Gasteiger partial charge in [0.1, 0.15) is 48.8 Å². The van der Waals surface area contributed by atoms with Crippen molar-refractivity contribution >= 4 is 12.0 Å². The Kier molecular flexibility index (Phi) is 11.8. The molecule has 254 valence electrons. The first-order valence-corrected chi connectivity index (χ1v) is 14.0. The zero-order valence-corrected chi connectivity index (χ0v) is 24.0. The van der Waals surface area contributed by atoms with Crippen molar-refractivity contribution in [3.63, 3.8) is 0 Å². The molecule has 11 N–H and O–H groups in total. The first-order chi connectivity index (χ1) is 21.8. The Bertz CT molecular complexity index is 1350. The molecule has 2 unspecified atom stereocenters. The Morgan fingerprint density at radius 3 is 2.02 bits per heavy atom. The normalized spacial score (nSPS) is 32.3. The van der Waals surface area contributed by atoms with E-state index in [4.69, 9.17) is 23.7 Å². The van der Waals surface area contributed by atoms with Crippen molar-refractivity contribution < 1.29 is 84.7 Å². The summed E-state index contributed by atoms with van der Waals surface area (Å²) < 4.78 is 27.7. The van der Waals surface area contributed by atoms with Crippen LogP contribution in [0.4, 0.5) is 0 Å². The monoisotopic (exact) mass is 656 g/mol. The van der Waals surface area contributed by atoms with E-state index in [0.29, 0.717) is 0 Å². The molecule has 0 radical (unpaired) electrons. The van der Waals surface area contributed by atoms with Crippen LogP contribution in [-0.4, -0.2) is 143 Å². The van der Waals surface area contributed by atoms with Crippen LogP contribution < -0.4 is 0 Å². The Morgan fingerprint density at radius 1 is 0.761 bits per heavy atom. The second-order valence-electron chi connectivity index (χ2n) is 10.6. The molecule has 2 aliphatic rings. The number of ether oxygens (including phenoxy) is 5. The van der Waals surface area contributed by atoms with Crippen LogP contribution in [0.5, 0.6) is 23.0 Å². The van der Waals surface area contributed by atoms with Gasteiger partial charge in [0.25, 0.3) is 0 Å². The van der Waals surface area contributed by atoms with Crippen LogP contribution in [0.3, 0.4) is 0 Å². The van der Waals surface area contributed by atoms with Gasteiger partial charge < -0.3 is 79.9 Å². The molecular formula is C29H36O17. The van der Waals surface area contributed by atoms with Gasteiger partial charge in [-0.3, -0.25) is 0 Å². The van der Waals surface area contributed by atoms with Crippen LogP contribution in [0.2, 0.25) is 0 Å². The molecular weight excluding hydrogens is 620 g/mol. The van der Waals surface area contributed by atoms with E-state index in [2.05, 4.69) is 0 Å². The minimum absolute atomic E-state index is 0.119. The fourth-order valence-corrected chi connectivity index (χ4v) is 4.82. The smallest absolute Gasteiger partial charge is 0.331 e. The third kappa shape index (κ3) is 8.03. The Labute approximate surface area is 260 Å². The minimum Gasteiger partial charge on any atom is -0.504 e. The number of rotatable bonds is 11. The van der Waals surface area contributed by atoms with Gasteiger partial charge in [-0.05, 0) is 41.5 Å². The minimum atomic E-state index is -1.93. The summed E-state index contributed by atoms with van der Waals surface area (Å²) in [5.74, 6) is -2.85. The Balaban J connectivity index is 1.56. The highest BCUT2D eigenvalue weighted by Crippen LogP contribution is 2.33. The summed E-state index contributed by atoms with van der Waals surface area (Å²) in [5, 5.41) is 111. The molecule has 0 aliphatic carbocycles. The number of aromatic hydroxyl groups is 4. The van der Waals surface area contributed by atoms with E-state index in [-0.39, 0.29) is 11.1 Å². The molecule has 2 aromatic carbocycles. The molecule has 17 nitrogen and oxygen atoms in total. The van der Waals surface area contributed by atoms with E-state index in [1.165, 1.54) is 24.3 Å². The van der Waals surface area contributed by atoms with Crippen LogP contribution in [0.15, 0.2) is 42.5 Å². The second kappa shape index (κ2) is 15.3. The number of hydrogen-bond donors (Lipinski definition) is 11. The van der Waals surface area contributed by atoms with Gasteiger partial charge in [-0.1, -0.05) is 12.1 Å². The third-order valence-electron chi connectivity index (χ3n) is 7.40. The van der Waals surface area contributed by atoms with E-state index in [1.807, 2.05) is 0 Å². The molecule has 0 amide bonds. The molecule has 0 bridgehead atoms. The maximum absolute atomic E-state index is 12.8. The number of benzene rings is 2. The number of hydrogen-bond acceptors (Lipinski definition) is 17. The fraction of sp³-hybridized carbons (Fsp3) is 0.483. The Hall–Kier alpha value is -3.59. The SMILES string of the molecule is O=C(/C=C/c1ccc(O)c(O)c1)OC1[C@H](CO)O[C@@H](OC[C@@H](O)c2ccc(O)c(O)c2)[C@H](O)[C@@H]1OC1O[C@H](CO)[C@H](O)[C@H](O)[C@H]1O. The van der Waals surface area contributed by atoms with Gasteiger partial charge in [-0.25, -0.2) is 4.79 Å². The molecule has 2 aromatic rings. The van der Waals surface area contributed by atoms with Crippen molar-refractivity contribution in [1.29, 1.82) is 0 Å². The van der Waals surface area contributed by atoms with Gasteiger partial charge in [-0.15, -0.1) is 0 Å². The van der Waals surface area contributed by atoms with Crippen molar-refractivity contribution in [3.8, 4) is 23.0 Å². The van der Waals surface area contributed by atoms with Gasteiger partial charge in [0.05, 0.1) is 19.8 Å². The lowest BCUT2D eigenvalue weighted by atomic mass is 9.96. The number of carbonyl (C=O) groups is 1. The quantitative estimate of drug-likeness (QED) is 0.0674. The molecule has 0 aromatic heterocycles. The summed E-state index contributed by atoms with van der Waals surface area (Å²) in [6.07, 6.45) is -16.4. The zero-order chi connectivity index (χ0) is 33.7. The highest BCUT2D eigenvalue weighted by atomic mass is 16.7. The first-order valence-electron chi connectivity index (χ1n) is 14.0. The number of aliphatic hydroxyl groups excluding tert-OH is 7. The van der Waals surface area contributed by atoms with Gasteiger partial charge in [0, 0.05) is 6.08 Å². The molecule has 2 fully saturated rings. The number of carbonyl (C=O) groups excluding carboxylic acids is 1. The van der Waals surface area contributed by atoms with Crippen molar-refractivity contribution in [1.82, 2.24) is 0 Å². The summed E-state index contributed by atoms with van der Waals surface area (Å²) >= 11 is 0. The molecule has 11 atom stereocenters. The lowest BCUT2D eigenvalue weighted by Crippen LogP contribution is -2.65. The molecule has 0 spiro atoms. The summed E-state index contributed by atoms with van der Waals surface area (Å²) in [6.45, 7) is -2.21. The number of aliphatic hydroxyl groups is 7. The first kappa shape index (κ1) is 35.3. The largest absolute Gasteiger partial charge is 0.504 e. The van der Waals surface area contributed by atoms with Gasteiger partial charge in [0.2, 0.25) is 0 Å². The molecule has 4 rings (SSSR count). The van der Waals surface area contributed by atoms with Crippen molar-refractivity contribution in [2.45, 2.75) is 67.5 Å². The van der Waals surface area contributed by atoms with Crippen molar-refractivity contribution in [2.24, 2.45) is 0 Å². The average Bonchev–Trinajstić information content (AvgIpc) is 3.03. The predicted octanol–water partition coefficient (Wildman–Crippen LogP) is -2.55. The molecule has 2 heterocycles. The van der Waals surface area contributed by atoms with Crippen LogP contribution >= 0.6 is 0 Å². The molecule has 46 heavy (non-hydrogen) atoms. The number of phenolic OH excluding ortho intramolecular Hbond substituents is 4. The summed E-state index contributed by atoms with van der Waals surface area (Å²) in [7, 11) is 0. The third-order valence-corrected chi connectivity index (χ3v) is 7.40. The van der Waals surface area contributed by atoms with Crippen LogP contribution in [-0.2, 0) is 28.5 Å². The summed E-state index contributed by atoms with van der Waals surface area (Å²) in [6, 6.07) is 7.22. The average molecular weight is 657 g/mol. The van der Waals surface area contributed by atoms with E-state index in [0.717, 1.165) is 24.3 Å². The zero-order valence-electron chi connectivity index (χ0n) is 24.0. The van der Waals surface area contributed by atoms with Crippen molar-refractivity contribution in [2.75, 3.05) is 19.8 Å². The molecule has 2 saturated heterocycles. The fourth-order valence-electron chi connectivity index (χ4n) is 4.82. The van der Waals surface area contributed by atoms with Gasteiger partial charge in [-0.2, -0.15) is 0 Å². The molecule has 0 saturated carbocycles. The van der Waals surface area contributed by atoms with E-state index in [9.17, 15) is 61.0 Å². The summed E-state index contributed by atoms with van der Waals surface area (Å²) in [4.78, 5) is 12.8. The lowest BCUT2D eigenvalue weighted by Gasteiger charge is -2.46. The van der Waals surface area contributed by atoms with Gasteiger partial charge in [0.15, 0.2) is 41.7 Å². The number of esters is 1. The second-order valence-corrected chi connectivity index (χ2v) is 10.6. The lowest BCUT2D eigenvalue weighted by molar-refractivity contribution is -0.361.